The number of carbonyl (C=O) groups is 1. The van der Waals surface area contributed by atoms with Gasteiger partial charge in [-0.05, 0) is 34.1 Å². The molecular weight excluding hydrogens is 296 g/mol. The summed E-state index contributed by atoms with van der Waals surface area (Å²) < 4.78 is 0.737. The van der Waals surface area contributed by atoms with E-state index < -0.39 is 0 Å². The molecule has 1 aromatic heterocycles. The second-order valence-electron chi connectivity index (χ2n) is 4.01. The molecule has 0 bridgehead atoms. The number of hydrogen-bond acceptors (Lipinski definition) is 3. The number of nitrogens with one attached hydrogen (secondary N) is 1. The molecule has 18 heavy (non-hydrogen) atoms. The van der Waals surface area contributed by atoms with E-state index in [-0.39, 0.29) is 5.91 Å². The fourth-order valence-electron chi connectivity index (χ4n) is 1.62. The van der Waals surface area contributed by atoms with Gasteiger partial charge in [-0.25, -0.2) is 0 Å². The summed E-state index contributed by atoms with van der Waals surface area (Å²) in [5, 5.41) is 6.56. The number of nitrogens with two attached hydrogens (primary N) is 1. The average Bonchev–Trinajstić information content (AvgIpc) is 2.84. The molecule has 6 heteroatoms. The van der Waals surface area contributed by atoms with Crippen LogP contribution in [0, 0.1) is 0 Å². The molecule has 1 aromatic carbocycles. The smallest absolute Gasteiger partial charge is 0.255 e. The fraction of sp³-hybridized carbons (Fsp3) is 0.167. The van der Waals surface area contributed by atoms with Crippen molar-refractivity contribution in [1.82, 2.24) is 15.1 Å². The van der Waals surface area contributed by atoms with Crippen LogP contribution >= 0.6 is 15.9 Å². The topological polar surface area (TPSA) is 75.0 Å². The van der Waals surface area contributed by atoms with E-state index in [4.69, 9.17) is 5.73 Å². The van der Waals surface area contributed by atoms with Gasteiger partial charge >= 0.3 is 0 Å². The quantitative estimate of drug-likeness (QED) is 0.852. The molecule has 0 spiro atoms. The third-order valence-electron chi connectivity index (χ3n) is 2.54. The number of aromatic amines is 1. The molecule has 3 N–H and O–H groups in total. The van der Waals surface area contributed by atoms with Gasteiger partial charge in [0.2, 0.25) is 0 Å². The number of nitrogen functional groups attached to an aromatic ring is 1. The molecular formula is C12H13BrN4O. The number of rotatable bonds is 3. The van der Waals surface area contributed by atoms with Crippen molar-refractivity contribution < 1.29 is 4.79 Å². The van der Waals surface area contributed by atoms with E-state index in [0.29, 0.717) is 17.8 Å². The molecule has 2 aromatic rings. The normalized spacial score (nSPS) is 10.3. The first-order valence-electron chi connectivity index (χ1n) is 5.36. The molecule has 0 saturated heterocycles. The molecule has 5 nitrogen and oxygen atoms in total. The molecule has 94 valence electrons. The van der Waals surface area contributed by atoms with Crippen LogP contribution in [0.2, 0.25) is 0 Å². The highest BCUT2D eigenvalue weighted by Gasteiger charge is 2.15. The van der Waals surface area contributed by atoms with Crippen LogP contribution in [0.5, 0.6) is 0 Å². The van der Waals surface area contributed by atoms with Gasteiger partial charge in [-0.2, -0.15) is 5.10 Å². The standard InChI is InChI=1S/C12H13BrN4O/c1-17(7-8-5-15-16-6-8)12(18)10-4-9(14)2-3-11(10)13/h2-6H,7,14H2,1H3,(H,15,16). The van der Waals surface area contributed by atoms with Crippen LogP contribution < -0.4 is 5.73 Å². The molecule has 0 aliphatic carbocycles. The SMILES string of the molecule is CN(Cc1cn[nH]c1)C(=O)c1cc(N)ccc1Br. The number of amides is 1. The molecule has 0 unspecified atom stereocenters. The van der Waals surface area contributed by atoms with Gasteiger partial charge in [-0.1, -0.05) is 0 Å². The first-order valence-corrected chi connectivity index (χ1v) is 6.15. The third-order valence-corrected chi connectivity index (χ3v) is 3.23. The Balaban J connectivity index is 2.17. The van der Waals surface area contributed by atoms with E-state index in [1.54, 1.807) is 42.5 Å². The third kappa shape index (κ3) is 2.70. The lowest BCUT2D eigenvalue weighted by atomic mass is 10.1. The second kappa shape index (κ2) is 5.22. The van der Waals surface area contributed by atoms with Crippen molar-refractivity contribution in [3.8, 4) is 0 Å². The first-order chi connectivity index (χ1) is 8.58. The lowest BCUT2D eigenvalue weighted by molar-refractivity contribution is 0.0784. The maximum absolute atomic E-state index is 12.3. The van der Waals surface area contributed by atoms with E-state index in [1.807, 2.05) is 0 Å². The first kappa shape index (κ1) is 12.6. The molecule has 0 aliphatic heterocycles. The van der Waals surface area contributed by atoms with Gasteiger partial charge in [-0.3, -0.25) is 9.89 Å². The summed E-state index contributed by atoms with van der Waals surface area (Å²) in [7, 11) is 1.74. The number of halogens is 1. The monoisotopic (exact) mass is 308 g/mol. The van der Waals surface area contributed by atoms with E-state index in [9.17, 15) is 4.79 Å². The maximum atomic E-state index is 12.3. The minimum absolute atomic E-state index is 0.0876. The number of nitrogens with zero attached hydrogens (tertiary/aromatic N) is 2. The summed E-state index contributed by atoms with van der Waals surface area (Å²) in [6, 6.07) is 5.18. The van der Waals surface area contributed by atoms with Gasteiger partial charge in [0, 0.05) is 35.5 Å². The van der Waals surface area contributed by atoms with E-state index in [2.05, 4.69) is 26.1 Å². The Morgan fingerprint density at radius 3 is 3.00 bits per heavy atom. The Bertz CT molecular complexity index is 553. The number of carbonyl (C=O) groups excluding carboxylic acids is 1. The molecule has 1 heterocycles. The Hall–Kier alpha value is -1.82. The van der Waals surface area contributed by atoms with Crippen molar-refractivity contribution in [3.05, 3.63) is 46.2 Å². The lowest BCUT2D eigenvalue weighted by Gasteiger charge is -2.17. The molecule has 1 amide bonds. The minimum Gasteiger partial charge on any atom is -0.399 e. The molecule has 0 radical (unpaired) electrons. The van der Waals surface area contributed by atoms with Gasteiger partial charge in [0.05, 0.1) is 11.8 Å². The number of benzene rings is 1. The summed E-state index contributed by atoms with van der Waals surface area (Å²) in [5.74, 6) is -0.0876. The van der Waals surface area contributed by atoms with Crippen LogP contribution in [0.4, 0.5) is 5.69 Å². The van der Waals surface area contributed by atoms with Crippen LogP contribution in [-0.2, 0) is 6.54 Å². The Morgan fingerprint density at radius 1 is 1.56 bits per heavy atom. The molecule has 0 saturated carbocycles. The second-order valence-corrected chi connectivity index (χ2v) is 4.86. The van der Waals surface area contributed by atoms with Crippen molar-refractivity contribution in [2.45, 2.75) is 6.54 Å². The highest BCUT2D eigenvalue weighted by molar-refractivity contribution is 9.10. The predicted octanol–water partition coefficient (Wildman–Crippen LogP) is 2.03. The zero-order chi connectivity index (χ0) is 13.1. The largest absolute Gasteiger partial charge is 0.399 e. The fourth-order valence-corrected chi connectivity index (χ4v) is 2.04. The van der Waals surface area contributed by atoms with Crippen LogP contribution in [0.15, 0.2) is 35.1 Å². The van der Waals surface area contributed by atoms with Gasteiger partial charge in [0.25, 0.3) is 5.91 Å². The summed E-state index contributed by atoms with van der Waals surface area (Å²) in [6.07, 6.45) is 3.45. The number of anilines is 1. The van der Waals surface area contributed by atoms with Gasteiger partial charge in [0.1, 0.15) is 0 Å². The zero-order valence-corrected chi connectivity index (χ0v) is 11.4. The molecule has 0 atom stereocenters. The van der Waals surface area contributed by atoms with Gasteiger partial charge in [0.15, 0.2) is 0 Å². The van der Waals surface area contributed by atoms with E-state index >= 15 is 0 Å². The minimum atomic E-state index is -0.0876. The summed E-state index contributed by atoms with van der Waals surface area (Å²) in [6.45, 7) is 0.497. The predicted molar refractivity (Wildman–Crippen MR) is 72.9 cm³/mol. The summed E-state index contributed by atoms with van der Waals surface area (Å²) in [4.78, 5) is 13.9. The highest BCUT2D eigenvalue weighted by Crippen LogP contribution is 2.21. The Kier molecular flexibility index (Phi) is 3.66. The Morgan fingerprint density at radius 2 is 2.33 bits per heavy atom. The lowest BCUT2D eigenvalue weighted by Crippen LogP contribution is -2.26. The van der Waals surface area contributed by atoms with Crippen molar-refractivity contribution in [3.63, 3.8) is 0 Å². The molecule has 0 aliphatic rings. The summed E-state index contributed by atoms with van der Waals surface area (Å²) >= 11 is 3.36. The number of aromatic nitrogens is 2. The van der Waals surface area contributed by atoms with Gasteiger partial charge in [-0.15, -0.1) is 0 Å². The highest BCUT2D eigenvalue weighted by atomic mass is 79.9. The summed E-state index contributed by atoms with van der Waals surface area (Å²) in [5.41, 5.74) is 7.77. The van der Waals surface area contributed by atoms with Crippen LogP contribution in [-0.4, -0.2) is 28.1 Å². The van der Waals surface area contributed by atoms with Crippen LogP contribution in [0.3, 0.4) is 0 Å². The maximum Gasteiger partial charge on any atom is 0.255 e. The molecule has 2 rings (SSSR count). The van der Waals surface area contributed by atoms with E-state index in [1.165, 1.54) is 0 Å². The zero-order valence-electron chi connectivity index (χ0n) is 9.85. The van der Waals surface area contributed by atoms with Crippen LogP contribution in [0.25, 0.3) is 0 Å². The van der Waals surface area contributed by atoms with Crippen molar-refractivity contribution in [2.75, 3.05) is 12.8 Å². The number of H-pyrrole nitrogens is 1. The van der Waals surface area contributed by atoms with Gasteiger partial charge < -0.3 is 10.6 Å². The average molecular weight is 309 g/mol. The van der Waals surface area contributed by atoms with E-state index in [0.717, 1.165) is 10.0 Å². The van der Waals surface area contributed by atoms with Crippen molar-refractivity contribution in [2.24, 2.45) is 0 Å². The van der Waals surface area contributed by atoms with Crippen LogP contribution in [0.1, 0.15) is 15.9 Å². The number of hydrogen-bond donors (Lipinski definition) is 2. The van der Waals surface area contributed by atoms with Crippen molar-refractivity contribution >= 4 is 27.5 Å². The Labute approximate surface area is 113 Å². The van der Waals surface area contributed by atoms with Crippen molar-refractivity contribution in [1.29, 1.82) is 0 Å². The molecule has 0 fully saturated rings.